The summed E-state index contributed by atoms with van der Waals surface area (Å²) in [6.07, 6.45) is 18.0. The maximum Gasteiger partial charge on any atom is 0.306 e. The van der Waals surface area contributed by atoms with E-state index < -0.39 is 0 Å². The van der Waals surface area contributed by atoms with E-state index in [1.807, 2.05) is 0 Å². The predicted octanol–water partition coefficient (Wildman–Crippen LogP) is 6.89. The Kier molecular flexibility index (Phi) is 11.8. The van der Waals surface area contributed by atoms with Crippen LogP contribution in [0.3, 0.4) is 0 Å². The largest absolute Gasteiger partial charge is 0.459 e. The summed E-state index contributed by atoms with van der Waals surface area (Å²) < 4.78 is 10.6. The van der Waals surface area contributed by atoms with Gasteiger partial charge in [-0.15, -0.1) is 0 Å². The van der Waals surface area contributed by atoms with Gasteiger partial charge in [-0.25, -0.2) is 0 Å². The molecule has 2 aliphatic heterocycles. The van der Waals surface area contributed by atoms with E-state index >= 15 is 0 Å². The summed E-state index contributed by atoms with van der Waals surface area (Å²) in [6, 6.07) is 0. The fraction of sp³-hybridized carbons (Fsp3) is 0.917. The number of rotatable bonds is 12. The second kappa shape index (κ2) is 13.2. The second-order valence-electron chi connectivity index (χ2n) is 9.18. The highest BCUT2D eigenvalue weighted by atomic mass is 16.6. The van der Waals surface area contributed by atoms with Crippen LogP contribution < -0.4 is 0 Å². The van der Waals surface area contributed by atoms with Crippen LogP contribution in [0.1, 0.15) is 130 Å². The zero-order valence-electron chi connectivity index (χ0n) is 18.9. The molecule has 0 N–H and O–H groups in total. The number of hydrogen-bond acceptors (Lipinski definition) is 4. The van der Waals surface area contributed by atoms with Gasteiger partial charge >= 0.3 is 11.9 Å². The molecule has 2 aliphatic rings. The number of cyclic esters (lactones) is 2. The molecule has 164 valence electrons. The van der Waals surface area contributed by atoms with Crippen molar-refractivity contribution in [2.24, 2.45) is 0 Å². The fourth-order valence-electron chi connectivity index (χ4n) is 4.04. The lowest BCUT2D eigenvalue weighted by Gasteiger charge is -2.22. The van der Waals surface area contributed by atoms with Gasteiger partial charge in [0.2, 0.25) is 0 Å². The molecule has 0 aromatic rings. The van der Waals surface area contributed by atoms with Crippen LogP contribution in [-0.2, 0) is 19.1 Å². The van der Waals surface area contributed by atoms with E-state index in [4.69, 9.17) is 9.47 Å². The van der Waals surface area contributed by atoms with E-state index in [1.54, 1.807) is 0 Å². The van der Waals surface area contributed by atoms with E-state index in [0.717, 1.165) is 25.7 Å². The molecule has 4 nitrogen and oxygen atoms in total. The lowest BCUT2D eigenvalue weighted by Crippen LogP contribution is -2.23. The van der Waals surface area contributed by atoms with Gasteiger partial charge in [0.05, 0.1) is 0 Å². The molecule has 0 amide bonds. The third kappa shape index (κ3) is 10.5. The van der Waals surface area contributed by atoms with Gasteiger partial charge in [0, 0.05) is 12.8 Å². The first-order valence-corrected chi connectivity index (χ1v) is 11.8. The number of ether oxygens (including phenoxy) is 2. The second-order valence-corrected chi connectivity index (χ2v) is 9.18. The molecule has 0 radical (unpaired) electrons. The molecular weight excluding hydrogens is 352 g/mol. The predicted molar refractivity (Wildman–Crippen MR) is 114 cm³/mol. The molecule has 28 heavy (non-hydrogen) atoms. The molecule has 0 bridgehead atoms. The monoisotopic (exact) mass is 396 g/mol. The minimum absolute atomic E-state index is 0.0107. The number of unbranched alkanes of at least 4 members (excludes halogenated alkanes) is 8. The van der Waals surface area contributed by atoms with Gasteiger partial charge in [-0.1, -0.05) is 65.2 Å². The lowest BCUT2D eigenvalue weighted by atomic mass is 9.95. The SMILES string of the molecule is CCCCCCCC[C@]1(C)CCC(=O)O1.CCCCCC[C@]1(C)CCC(=O)O1. The first kappa shape index (κ1) is 25.0. The van der Waals surface area contributed by atoms with Crippen molar-refractivity contribution in [3.8, 4) is 0 Å². The van der Waals surface area contributed by atoms with Crippen molar-refractivity contribution in [3.05, 3.63) is 0 Å². The highest BCUT2D eigenvalue weighted by Crippen LogP contribution is 2.32. The van der Waals surface area contributed by atoms with Crippen LogP contribution >= 0.6 is 0 Å². The fourth-order valence-corrected chi connectivity index (χ4v) is 4.04. The number of carbonyl (C=O) groups is 2. The first-order valence-electron chi connectivity index (χ1n) is 11.8. The van der Waals surface area contributed by atoms with Crippen molar-refractivity contribution in [2.75, 3.05) is 0 Å². The minimum atomic E-state index is -0.137. The molecule has 0 aromatic heterocycles. The zero-order chi connectivity index (χ0) is 20.9. The van der Waals surface area contributed by atoms with Crippen LogP contribution in [0.5, 0.6) is 0 Å². The average Bonchev–Trinajstić information content (AvgIpc) is 3.17. The van der Waals surface area contributed by atoms with Gasteiger partial charge in [0.25, 0.3) is 0 Å². The van der Waals surface area contributed by atoms with Crippen molar-refractivity contribution in [1.29, 1.82) is 0 Å². The normalized spacial score (nSPS) is 26.6. The van der Waals surface area contributed by atoms with Gasteiger partial charge in [-0.2, -0.15) is 0 Å². The molecule has 2 heterocycles. The standard InChI is InChI=1S/C13H24O2.C11H20O2/c1-3-4-5-6-7-8-10-13(2)11-9-12(14)15-13;1-3-4-5-6-8-11(2)9-7-10(12)13-11/h3-11H2,1-2H3;3-9H2,1-2H3/t13-;11-/m11/s1. The third-order valence-electron chi connectivity index (χ3n) is 6.05. The number of hydrogen-bond donors (Lipinski definition) is 0. The Morgan fingerprint density at radius 2 is 1.00 bits per heavy atom. The van der Waals surface area contributed by atoms with Crippen molar-refractivity contribution in [3.63, 3.8) is 0 Å². The van der Waals surface area contributed by atoms with Crippen LogP contribution in [0.2, 0.25) is 0 Å². The van der Waals surface area contributed by atoms with Crippen LogP contribution in [0.25, 0.3) is 0 Å². The van der Waals surface area contributed by atoms with Crippen LogP contribution in [0.15, 0.2) is 0 Å². The van der Waals surface area contributed by atoms with Gasteiger partial charge in [0.1, 0.15) is 11.2 Å². The van der Waals surface area contributed by atoms with E-state index in [2.05, 4.69) is 27.7 Å². The average molecular weight is 397 g/mol. The van der Waals surface area contributed by atoms with E-state index in [9.17, 15) is 9.59 Å². The highest BCUT2D eigenvalue weighted by molar-refractivity contribution is 5.72. The van der Waals surface area contributed by atoms with Gasteiger partial charge in [-0.3, -0.25) is 9.59 Å². The Labute approximate surface area is 173 Å². The summed E-state index contributed by atoms with van der Waals surface area (Å²) in [6.45, 7) is 8.57. The molecule has 2 saturated heterocycles. The quantitative estimate of drug-likeness (QED) is 0.266. The van der Waals surface area contributed by atoms with Crippen LogP contribution in [0, 0.1) is 0 Å². The minimum Gasteiger partial charge on any atom is -0.459 e. The van der Waals surface area contributed by atoms with Crippen molar-refractivity contribution in [2.45, 2.75) is 142 Å². The lowest BCUT2D eigenvalue weighted by molar-refractivity contribution is -0.148. The summed E-state index contributed by atoms with van der Waals surface area (Å²) >= 11 is 0. The topological polar surface area (TPSA) is 52.6 Å². The number of esters is 2. The Balaban J connectivity index is 0.000000283. The first-order chi connectivity index (χ1) is 13.3. The Morgan fingerprint density at radius 1 is 0.643 bits per heavy atom. The van der Waals surface area contributed by atoms with E-state index in [0.29, 0.717) is 12.8 Å². The molecule has 0 saturated carbocycles. The Hall–Kier alpha value is -1.06. The van der Waals surface area contributed by atoms with E-state index in [-0.39, 0.29) is 23.1 Å². The van der Waals surface area contributed by atoms with E-state index in [1.165, 1.54) is 64.2 Å². The van der Waals surface area contributed by atoms with Gasteiger partial charge < -0.3 is 9.47 Å². The van der Waals surface area contributed by atoms with Crippen LogP contribution in [-0.4, -0.2) is 23.1 Å². The third-order valence-corrected chi connectivity index (χ3v) is 6.05. The Morgan fingerprint density at radius 3 is 1.36 bits per heavy atom. The maximum atomic E-state index is 11.0. The molecule has 0 spiro atoms. The smallest absolute Gasteiger partial charge is 0.306 e. The van der Waals surface area contributed by atoms with Gasteiger partial charge in [0.15, 0.2) is 0 Å². The summed E-state index contributed by atoms with van der Waals surface area (Å²) in [5.41, 5.74) is -0.271. The number of carbonyl (C=O) groups excluding carboxylic acids is 2. The van der Waals surface area contributed by atoms with Gasteiger partial charge in [-0.05, 0) is 52.4 Å². The maximum absolute atomic E-state index is 11.0. The molecule has 0 aromatic carbocycles. The molecule has 0 unspecified atom stereocenters. The summed E-state index contributed by atoms with van der Waals surface area (Å²) in [5.74, 6) is -0.0264. The molecule has 2 fully saturated rings. The molecule has 0 aliphatic carbocycles. The van der Waals surface area contributed by atoms with Crippen molar-refractivity contribution < 1.29 is 19.1 Å². The van der Waals surface area contributed by atoms with Crippen molar-refractivity contribution in [1.82, 2.24) is 0 Å². The molecular formula is C24H44O4. The van der Waals surface area contributed by atoms with Crippen molar-refractivity contribution >= 4 is 11.9 Å². The van der Waals surface area contributed by atoms with Crippen LogP contribution in [0.4, 0.5) is 0 Å². The summed E-state index contributed by atoms with van der Waals surface area (Å²) in [5, 5.41) is 0. The molecule has 4 heteroatoms. The Bertz CT molecular complexity index is 462. The zero-order valence-corrected chi connectivity index (χ0v) is 18.9. The summed E-state index contributed by atoms with van der Waals surface area (Å²) in [7, 11) is 0. The molecule has 2 atom stereocenters. The summed E-state index contributed by atoms with van der Waals surface area (Å²) in [4.78, 5) is 21.9. The molecule has 2 rings (SSSR count). The highest BCUT2D eigenvalue weighted by Gasteiger charge is 2.35.